The topological polar surface area (TPSA) is 29.3 Å². The number of thiophene rings is 1. The first-order chi connectivity index (χ1) is 9.33. The van der Waals surface area contributed by atoms with Gasteiger partial charge in [0.1, 0.15) is 0 Å². The van der Waals surface area contributed by atoms with Gasteiger partial charge in [-0.3, -0.25) is 4.90 Å². The lowest BCUT2D eigenvalue weighted by molar-refractivity contribution is 0.253. The summed E-state index contributed by atoms with van der Waals surface area (Å²) < 4.78 is 0. The number of anilines is 1. The van der Waals surface area contributed by atoms with Gasteiger partial charge in [0.05, 0.1) is 0 Å². The Morgan fingerprint density at radius 1 is 1.21 bits per heavy atom. The Morgan fingerprint density at radius 2 is 2.11 bits per heavy atom. The van der Waals surface area contributed by atoms with Gasteiger partial charge in [-0.15, -0.1) is 11.3 Å². The quantitative estimate of drug-likeness (QED) is 0.865. The highest BCUT2D eigenvalue weighted by Crippen LogP contribution is 2.24. The average Bonchev–Trinajstić information content (AvgIpc) is 2.88. The Morgan fingerprint density at radius 3 is 3.00 bits per heavy atom. The van der Waals surface area contributed by atoms with E-state index in [1.165, 1.54) is 37.1 Å². The van der Waals surface area contributed by atoms with Gasteiger partial charge in [-0.2, -0.15) is 0 Å². The van der Waals surface area contributed by atoms with Crippen LogP contribution in [0.3, 0.4) is 0 Å². The van der Waals surface area contributed by atoms with Crippen molar-refractivity contribution in [3.05, 3.63) is 51.7 Å². The second kappa shape index (κ2) is 5.76. The molecular weight excluding hydrogens is 252 g/mol. The summed E-state index contributed by atoms with van der Waals surface area (Å²) in [6.07, 6.45) is 3.49. The highest BCUT2D eigenvalue weighted by atomic mass is 32.1. The lowest BCUT2D eigenvalue weighted by Gasteiger charge is -2.26. The van der Waals surface area contributed by atoms with Crippen LogP contribution in [-0.2, 0) is 19.4 Å². The largest absolute Gasteiger partial charge is 0.399 e. The molecule has 0 unspecified atom stereocenters. The van der Waals surface area contributed by atoms with E-state index in [0.717, 1.165) is 18.7 Å². The van der Waals surface area contributed by atoms with Crippen molar-refractivity contribution in [3.8, 4) is 0 Å². The van der Waals surface area contributed by atoms with Crippen molar-refractivity contribution in [1.29, 1.82) is 0 Å². The van der Waals surface area contributed by atoms with Gasteiger partial charge in [0.2, 0.25) is 0 Å². The van der Waals surface area contributed by atoms with Gasteiger partial charge >= 0.3 is 0 Å². The molecule has 0 amide bonds. The predicted molar refractivity (Wildman–Crippen MR) is 82.5 cm³/mol. The Hall–Kier alpha value is -1.32. The zero-order chi connectivity index (χ0) is 13.1. The number of nitrogens with zero attached hydrogens (tertiary/aromatic N) is 1. The van der Waals surface area contributed by atoms with Crippen LogP contribution in [0.15, 0.2) is 35.7 Å². The summed E-state index contributed by atoms with van der Waals surface area (Å²) in [7, 11) is 0. The smallest absolute Gasteiger partial charge is 0.0346 e. The van der Waals surface area contributed by atoms with Crippen molar-refractivity contribution in [2.45, 2.75) is 25.8 Å². The van der Waals surface area contributed by atoms with Gasteiger partial charge in [-0.05, 0) is 54.4 Å². The maximum Gasteiger partial charge on any atom is 0.0346 e. The van der Waals surface area contributed by atoms with Gasteiger partial charge in [-0.1, -0.05) is 18.2 Å². The molecule has 19 heavy (non-hydrogen) atoms. The minimum absolute atomic E-state index is 0.932. The Bertz CT molecular complexity index is 547. The number of benzene rings is 1. The molecule has 0 aliphatic carbocycles. The second-order valence-corrected chi connectivity index (χ2v) is 6.20. The molecule has 1 aliphatic heterocycles. The van der Waals surface area contributed by atoms with Crippen LogP contribution in [0.2, 0.25) is 0 Å². The minimum Gasteiger partial charge on any atom is -0.399 e. The molecule has 1 aromatic carbocycles. The monoisotopic (exact) mass is 272 g/mol. The van der Waals surface area contributed by atoms with Crippen LogP contribution in [0.5, 0.6) is 0 Å². The number of nitrogen functional groups attached to an aromatic ring is 1. The number of hydrogen-bond acceptors (Lipinski definition) is 3. The molecule has 3 heteroatoms. The fourth-order valence-electron chi connectivity index (χ4n) is 2.75. The molecule has 2 N–H and O–H groups in total. The van der Waals surface area contributed by atoms with Crippen molar-refractivity contribution in [2.24, 2.45) is 0 Å². The Balaban J connectivity index is 1.50. The molecule has 0 bridgehead atoms. The molecular formula is C16H20N2S. The first-order valence-corrected chi connectivity index (χ1v) is 7.82. The predicted octanol–water partition coefficient (Wildman–Crippen LogP) is 3.32. The van der Waals surface area contributed by atoms with Crippen LogP contribution in [0.1, 0.15) is 22.4 Å². The normalized spacial score (nSPS) is 15.4. The number of fused-ring (bicyclic) bond motifs is 1. The lowest BCUT2D eigenvalue weighted by Crippen LogP contribution is -2.30. The number of nitrogens with two attached hydrogens (primary N) is 1. The maximum absolute atomic E-state index is 5.98. The van der Waals surface area contributed by atoms with E-state index in [2.05, 4.69) is 28.5 Å². The van der Waals surface area contributed by atoms with Gasteiger partial charge < -0.3 is 5.73 Å². The summed E-state index contributed by atoms with van der Waals surface area (Å²) in [5.74, 6) is 0. The molecule has 100 valence electrons. The van der Waals surface area contributed by atoms with Gasteiger partial charge in [0.15, 0.2) is 0 Å². The fourth-order valence-corrected chi connectivity index (χ4v) is 3.64. The van der Waals surface area contributed by atoms with Crippen LogP contribution in [0, 0.1) is 0 Å². The van der Waals surface area contributed by atoms with E-state index in [1.54, 1.807) is 4.88 Å². The van der Waals surface area contributed by atoms with E-state index in [9.17, 15) is 0 Å². The van der Waals surface area contributed by atoms with Crippen molar-refractivity contribution in [1.82, 2.24) is 4.90 Å². The third kappa shape index (κ3) is 2.99. The van der Waals surface area contributed by atoms with Crippen LogP contribution in [-0.4, -0.2) is 18.0 Å². The minimum atomic E-state index is 0.932. The summed E-state index contributed by atoms with van der Waals surface area (Å²) in [6, 6.07) is 10.5. The van der Waals surface area contributed by atoms with E-state index in [1.807, 2.05) is 23.5 Å². The van der Waals surface area contributed by atoms with E-state index >= 15 is 0 Å². The number of rotatable bonds is 4. The molecule has 3 rings (SSSR count). The molecule has 1 aliphatic rings. The highest BCUT2D eigenvalue weighted by molar-refractivity contribution is 7.10. The third-order valence-electron chi connectivity index (χ3n) is 3.86. The average molecular weight is 272 g/mol. The molecule has 0 spiro atoms. The Labute approximate surface area is 118 Å². The number of aryl methyl sites for hydroxylation is 1. The molecule has 0 radical (unpaired) electrons. The second-order valence-electron chi connectivity index (χ2n) is 5.20. The molecule has 0 fully saturated rings. The zero-order valence-corrected chi connectivity index (χ0v) is 12.0. The summed E-state index contributed by atoms with van der Waals surface area (Å²) in [6.45, 7) is 3.50. The van der Waals surface area contributed by atoms with E-state index < -0.39 is 0 Å². The van der Waals surface area contributed by atoms with Gasteiger partial charge in [0.25, 0.3) is 0 Å². The van der Waals surface area contributed by atoms with Crippen molar-refractivity contribution >= 4 is 17.0 Å². The number of hydrogen-bond donors (Lipinski definition) is 1. The summed E-state index contributed by atoms with van der Waals surface area (Å²) >= 11 is 1.91. The standard InChI is InChI=1S/C16H20N2S/c17-15-6-2-1-4-13(15)5-3-9-18-10-7-16-14(12-18)8-11-19-16/h1-2,4,6,8,11H,3,5,7,9-10,12,17H2. The van der Waals surface area contributed by atoms with Crippen LogP contribution >= 0.6 is 11.3 Å². The first-order valence-electron chi connectivity index (χ1n) is 6.94. The van der Waals surface area contributed by atoms with Crippen LogP contribution in [0.4, 0.5) is 5.69 Å². The maximum atomic E-state index is 5.98. The summed E-state index contributed by atoms with van der Waals surface area (Å²) in [5, 5.41) is 2.22. The van der Waals surface area contributed by atoms with E-state index in [0.29, 0.717) is 0 Å². The summed E-state index contributed by atoms with van der Waals surface area (Å²) in [4.78, 5) is 4.15. The molecule has 2 heterocycles. The molecule has 0 atom stereocenters. The molecule has 2 nitrogen and oxygen atoms in total. The third-order valence-corrected chi connectivity index (χ3v) is 4.89. The zero-order valence-electron chi connectivity index (χ0n) is 11.1. The van der Waals surface area contributed by atoms with Gasteiger partial charge in [0, 0.05) is 23.7 Å². The highest BCUT2D eigenvalue weighted by Gasteiger charge is 2.16. The van der Waals surface area contributed by atoms with Crippen molar-refractivity contribution in [2.75, 3.05) is 18.8 Å². The van der Waals surface area contributed by atoms with Crippen molar-refractivity contribution in [3.63, 3.8) is 0 Å². The molecule has 0 saturated carbocycles. The van der Waals surface area contributed by atoms with Crippen molar-refractivity contribution < 1.29 is 0 Å². The molecule has 2 aromatic rings. The summed E-state index contributed by atoms with van der Waals surface area (Å²) in [5.41, 5.74) is 9.73. The Kier molecular flexibility index (Phi) is 3.85. The van der Waals surface area contributed by atoms with Crippen LogP contribution in [0.25, 0.3) is 0 Å². The molecule has 1 aromatic heterocycles. The van der Waals surface area contributed by atoms with Crippen LogP contribution < -0.4 is 5.73 Å². The SMILES string of the molecule is Nc1ccccc1CCCN1CCc2sccc2C1. The van der Waals surface area contributed by atoms with E-state index in [-0.39, 0.29) is 0 Å². The molecule has 0 saturated heterocycles. The van der Waals surface area contributed by atoms with E-state index in [4.69, 9.17) is 5.73 Å². The fraction of sp³-hybridized carbons (Fsp3) is 0.375. The van der Waals surface area contributed by atoms with Gasteiger partial charge in [-0.25, -0.2) is 0 Å². The lowest BCUT2D eigenvalue weighted by atomic mass is 10.1. The first kappa shape index (κ1) is 12.7. The number of para-hydroxylation sites is 1.